The second-order valence-corrected chi connectivity index (χ2v) is 11.5. The number of ether oxygens (including phenoxy) is 1. The van der Waals surface area contributed by atoms with Gasteiger partial charge in [0.05, 0.1) is 11.9 Å². The van der Waals surface area contributed by atoms with Gasteiger partial charge in [-0.1, -0.05) is 62.7 Å². The molecule has 2 N–H and O–H groups in total. The molecule has 0 radical (unpaired) electrons. The van der Waals surface area contributed by atoms with Crippen LogP contribution in [0, 0.1) is 0 Å². The van der Waals surface area contributed by atoms with E-state index in [2.05, 4.69) is 9.71 Å². The van der Waals surface area contributed by atoms with Crippen molar-refractivity contribution in [3.8, 4) is 0 Å². The van der Waals surface area contributed by atoms with E-state index in [1.807, 2.05) is 50.2 Å². The standard InChI is InChI=1S/C29H35N3O5S/c1-4-15-29(16-14-21-10-7-6-8-11-21)18-25(33)27(28(34)37-29)24(5-2)22-12-9-13-23(17-22)31-38(35,36)26-19-32(3)20-30-26/h6-13,17,19-20,24,31,33H,4-5,14-16,18H2,1-3H3/t24-,29+/m1/s1. The molecule has 2 aromatic carbocycles. The van der Waals surface area contributed by atoms with Crippen LogP contribution in [0.2, 0.25) is 0 Å². The number of rotatable bonds is 11. The smallest absolute Gasteiger partial charge is 0.338 e. The minimum atomic E-state index is -3.87. The van der Waals surface area contributed by atoms with Gasteiger partial charge in [0, 0.05) is 31.3 Å². The predicted octanol–water partition coefficient (Wildman–Crippen LogP) is 5.65. The summed E-state index contributed by atoms with van der Waals surface area (Å²) in [7, 11) is -2.18. The number of hydrogen-bond donors (Lipinski definition) is 2. The fourth-order valence-corrected chi connectivity index (χ4v) is 6.22. The normalized spacial score (nSPS) is 18.8. The fourth-order valence-electron chi connectivity index (χ4n) is 5.19. The van der Waals surface area contributed by atoms with Crippen LogP contribution in [0.5, 0.6) is 0 Å². The highest BCUT2D eigenvalue weighted by Gasteiger charge is 2.43. The van der Waals surface area contributed by atoms with Crippen molar-refractivity contribution in [2.24, 2.45) is 7.05 Å². The van der Waals surface area contributed by atoms with Crippen LogP contribution >= 0.6 is 0 Å². The Balaban J connectivity index is 1.58. The molecule has 0 spiro atoms. The Kier molecular flexibility index (Phi) is 8.26. The topological polar surface area (TPSA) is 111 Å². The molecule has 3 aromatic rings. The van der Waals surface area contributed by atoms with E-state index in [0.29, 0.717) is 30.5 Å². The number of benzene rings is 2. The van der Waals surface area contributed by atoms with E-state index in [1.165, 1.54) is 12.5 Å². The molecular weight excluding hydrogens is 502 g/mol. The van der Waals surface area contributed by atoms with Crippen molar-refractivity contribution >= 4 is 21.7 Å². The lowest BCUT2D eigenvalue weighted by atomic mass is 9.80. The summed E-state index contributed by atoms with van der Waals surface area (Å²) >= 11 is 0. The molecule has 2 heterocycles. The second kappa shape index (κ2) is 11.4. The molecule has 2 atom stereocenters. The molecule has 0 amide bonds. The highest BCUT2D eigenvalue weighted by atomic mass is 32.2. The first-order valence-corrected chi connectivity index (χ1v) is 14.4. The number of imidazole rings is 1. The first-order valence-electron chi connectivity index (χ1n) is 13.0. The van der Waals surface area contributed by atoms with Gasteiger partial charge in [0.2, 0.25) is 0 Å². The average Bonchev–Trinajstić information content (AvgIpc) is 3.33. The SMILES string of the molecule is CCC[C@]1(CCc2ccccc2)CC(O)=C([C@H](CC)c2cccc(NS(=O)(=O)c3cn(C)cn3)c2)C(=O)O1. The van der Waals surface area contributed by atoms with Gasteiger partial charge >= 0.3 is 5.97 Å². The molecule has 202 valence electrons. The van der Waals surface area contributed by atoms with Crippen molar-refractivity contribution in [1.29, 1.82) is 0 Å². The monoisotopic (exact) mass is 537 g/mol. The molecule has 0 bridgehead atoms. The van der Waals surface area contributed by atoms with E-state index < -0.39 is 27.5 Å². The Morgan fingerprint density at radius 2 is 1.89 bits per heavy atom. The Morgan fingerprint density at radius 1 is 1.13 bits per heavy atom. The van der Waals surface area contributed by atoms with Gasteiger partial charge in [0.15, 0.2) is 5.03 Å². The number of cyclic esters (lactones) is 1. The maximum absolute atomic E-state index is 13.4. The van der Waals surface area contributed by atoms with E-state index in [4.69, 9.17) is 4.74 Å². The van der Waals surface area contributed by atoms with E-state index >= 15 is 0 Å². The van der Waals surface area contributed by atoms with E-state index in [9.17, 15) is 18.3 Å². The Labute approximate surface area is 224 Å². The lowest BCUT2D eigenvalue weighted by molar-refractivity contribution is -0.161. The zero-order valence-electron chi connectivity index (χ0n) is 22.1. The third-order valence-corrected chi connectivity index (χ3v) is 8.27. The van der Waals surface area contributed by atoms with Crippen LogP contribution < -0.4 is 4.72 Å². The largest absolute Gasteiger partial charge is 0.512 e. The van der Waals surface area contributed by atoms with Crippen LogP contribution in [-0.4, -0.2) is 34.6 Å². The number of aromatic nitrogens is 2. The van der Waals surface area contributed by atoms with Gasteiger partial charge in [-0.3, -0.25) is 4.72 Å². The molecule has 0 unspecified atom stereocenters. The summed E-state index contributed by atoms with van der Waals surface area (Å²) in [5, 5.41) is 11.1. The van der Waals surface area contributed by atoms with Crippen molar-refractivity contribution in [1.82, 2.24) is 9.55 Å². The number of hydrogen-bond acceptors (Lipinski definition) is 6. The summed E-state index contributed by atoms with van der Waals surface area (Å²) in [5.74, 6) is -0.911. The van der Waals surface area contributed by atoms with Crippen LogP contribution in [-0.2, 0) is 33.0 Å². The van der Waals surface area contributed by atoms with E-state index in [-0.39, 0.29) is 22.8 Å². The van der Waals surface area contributed by atoms with Gasteiger partial charge in [-0.05, 0) is 48.9 Å². The molecule has 0 fully saturated rings. The quantitative estimate of drug-likeness (QED) is 0.306. The van der Waals surface area contributed by atoms with Gasteiger partial charge in [-0.15, -0.1) is 0 Å². The summed E-state index contributed by atoms with van der Waals surface area (Å²) in [6.07, 6.45) is 6.46. The Bertz CT molecular complexity index is 1410. The van der Waals surface area contributed by atoms with E-state index in [0.717, 1.165) is 18.4 Å². The lowest BCUT2D eigenvalue weighted by Crippen LogP contribution is -2.41. The minimum absolute atomic E-state index is 0.0501. The van der Waals surface area contributed by atoms with Crippen molar-refractivity contribution < 1.29 is 23.1 Å². The molecule has 9 heteroatoms. The molecule has 1 aromatic heterocycles. The number of nitrogens with one attached hydrogen (secondary N) is 1. The van der Waals surface area contributed by atoms with Crippen molar-refractivity contribution in [2.45, 2.75) is 68.9 Å². The van der Waals surface area contributed by atoms with Crippen molar-refractivity contribution in [2.75, 3.05) is 4.72 Å². The first kappa shape index (κ1) is 27.4. The Morgan fingerprint density at radius 3 is 2.53 bits per heavy atom. The second-order valence-electron chi connectivity index (χ2n) is 9.91. The maximum atomic E-state index is 13.4. The molecule has 4 rings (SSSR count). The summed E-state index contributed by atoms with van der Waals surface area (Å²) in [6.45, 7) is 3.97. The number of esters is 1. The van der Waals surface area contributed by atoms with Gasteiger partial charge < -0.3 is 14.4 Å². The van der Waals surface area contributed by atoms with Crippen LogP contribution in [0.3, 0.4) is 0 Å². The Hall–Kier alpha value is -3.59. The zero-order valence-corrected chi connectivity index (χ0v) is 22.9. The summed E-state index contributed by atoms with van der Waals surface area (Å²) in [6, 6.07) is 16.9. The summed E-state index contributed by atoms with van der Waals surface area (Å²) < 4.78 is 35.7. The summed E-state index contributed by atoms with van der Waals surface area (Å²) in [4.78, 5) is 17.3. The predicted molar refractivity (Wildman–Crippen MR) is 146 cm³/mol. The van der Waals surface area contributed by atoms with E-state index in [1.54, 1.807) is 29.8 Å². The molecular formula is C29H35N3O5S. The third-order valence-electron chi connectivity index (χ3n) is 7.00. The highest BCUT2D eigenvalue weighted by molar-refractivity contribution is 7.92. The van der Waals surface area contributed by atoms with Crippen LogP contribution in [0.15, 0.2) is 83.5 Å². The number of sulfonamides is 1. The molecule has 1 aliphatic rings. The molecule has 0 saturated heterocycles. The number of aliphatic hydroxyl groups is 1. The molecule has 8 nitrogen and oxygen atoms in total. The van der Waals surface area contributed by atoms with Gasteiger partial charge in [0.25, 0.3) is 10.0 Å². The van der Waals surface area contributed by atoms with Crippen LogP contribution in [0.25, 0.3) is 0 Å². The molecule has 0 saturated carbocycles. The van der Waals surface area contributed by atoms with Crippen molar-refractivity contribution in [3.63, 3.8) is 0 Å². The fraction of sp³-hybridized carbons (Fsp3) is 0.379. The number of carbonyl (C=O) groups excluding carboxylic acids is 1. The number of anilines is 1. The van der Waals surface area contributed by atoms with Crippen molar-refractivity contribution in [3.05, 3.63) is 89.6 Å². The number of aliphatic hydroxyl groups excluding tert-OH is 1. The molecule has 1 aliphatic heterocycles. The van der Waals surface area contributed by atoms with Crippen LogP contribution in [0.1, 0.15) is 63.0 Å². The number of nitrogens with zero attached hydrogens (tertiary/aromatic N) is 2. The highest BCUT2D eigenvalue weighted by Crippen LogP contribution is 2.42. The number of aryl methyl sites for hydroxylation is 2. The maximum Gasteiger partial charge on any atom is 0.338 e. The van der Waals surface area contributed by atoms with Crippen LogP contribution in [0.4, 0.5) is 5.69 Å². The van der Waals surface area contributed by atoms with Gasteiger partial charge in [-0.2, -0.15) is 8.42 Å². The lowest BCUT2D eigenvalue weighted by Gasteiger charge is -2.38. The molecule has 0 aliphatic carbocycles. The van der Waals surface area contributed by atoms with Gasteiger partial charge in [-0.25, -0.2) is 9.78 Å². The van der Waals surface area contributed by atoms with Gasteiger partial charge in [0.1, 0.15) is 11.4 Å². The molecule has 38 heavy (non-hydrogen) atoms. The minimum Gasteiger partial charge on any atom is -0.512 e. The first-order chi connectivity index (χ1) is 18.2. The summed E-state index contributed by atoms with van der Waals surface area (Å²) in [5.41, 5.74) is 1.69. The average molecular weight is 538 g/mol. The number of carbonyl (C=O) groups is 1. The zero-order chi connectivity index (χ0) is 27.3. The third kappa shape index (κ3) is 6.10.